The number of aryl methyl sites for hydroxylation is 1. The third kappa shape index (κ3) is 4.20. The van der Waals surface area contributed by atoms with Gasteiger partial charge in [0, 0.05) is 10.9 Å². The maximum atomic E-state index is 13.1. The highest BCUT2D eigenvalue weighted by Gasteiger charge is 2.35. The second kappa shape index (κ2) is 7.86. The largest absolute Gasteiger partial charge is 0.466 e. The van der Waals surface area contributed by atoms with E-state index >= 15 is 0 Å². The first-order valence-corrected chi connectivity index (χ1v) is 12.3. The van der Waals surface area contributed by atoms with Gasteiger partial charge in [0.15, 0.2) is 15.0 Å². The van der Waals surface area contributed by atoms with Gasteiger partial charge in [0.25, 0.3) is 5.91 Å². The minimum atomic E-state index is -3.10. The van der Waals surface area contributed by atoms with Gasteiger partial charge < -0.3 is 4.74 Å². The molecule has 1 aliphatic carbocycles. The lowest BCUT2D eigenvalue weighted by atomic mass is 10.1. The Kier molecular flexibility index (Phi) is 5.43. The Morgan fingerprint density at radius 1 is 1.38 bits per heavy atom. The van der Waals surface area contributed by atoms with Crippen LogP contribution in [0.5, 0.6) is 0 Å². The molecule has 2 aromatic heterocycles. The van der Waals surface area contributed by atoms with Crippen molar-refractivity contribution in [3.05, 3.63) is 28.0 Å². The molecule has 0 aromatic carbocycles. The van der Waals surface area contributed by atoms with E-state index in [1.54, 1.807) is 17.0 Å². The molecule has 1 saturated heterocycles. The number of carbonyl (C=O) groups is 2. The maximum Gasteiger partial charge on any atom is 0.311 e. The summed E-state index contributed by atoms with van der Waals surface area (Å²) >= 11 is 1.23. The summed E-state index contributed by atoms with van der Waals surface area (Å²) in [6.45, 7) is 2.04. The number of rotatable bonds is 6. The molecular weight excluding hydrogens is 416 g/mol. The molecule has 11 heteroatoms. The van der Waals surface area contributed by atoms with Crippen molar-refractivity contribution >= 4 is 38.2 Å². The molecular formula is C18H22N4O5S2. The summed E-state index contributed by atoms with van der Waals surface area (Å²) in [5.41, 5.74) is 2.74. The number of amides is 1. The van der Waals surface area contributed by atoms with Crippen LogP contribution in [0.1, 0.15) is 53.2 Å². The zero-order chi connectivity index (χ0) is 20.6. The van der Waals surface area contributed by atoms with Crippen LogP contribution in [0.15, 0.2) is 5.38 Å². The SMILES string of the molecule is CCOC(=O)Cc1csc(NC(=O)c2c3c(nn2[C@H]2CCS(=O)(=O)C2)CCC3)n1. The first-order chi connectivity index (χ1) is 13.9. The quantitative estimate of drug-likeness (QED) is 0.679. The molecule has 1 amide bonds. The summed E-state index contributed by atoms with van der Waals surface area (Å²) in [5.74, 6) is -0.585. The molecule has 0 bridgehead atoms. The molecule has 156 valence electrons. The van der Waals surface area contributed by atoms with Crippen LogP contribution >= 0.6 is 11.3 Å². The van der Waals surface area contributed by atoms with E-state index < -0.39 is 9.84 Å². The highest BCUT2D eigenvalue weighted by Crippen LogP contribution is 2.32. The standard InChI is InChI=1S/C18H22N4O5S2/c1-2-27-15(23)8-11-9-28-18(19-11)20-17(24)16-13-4-3-5-14(13)21-22(16)12-6-7-29(25,26)10-12/h9,12H,2-8,10H2,1H3,(H,19,20,24)/t12-/m0/s1. The van der Waals surface area contributed by atoms with Gasteiger partial charge in [0.05, 0.1) is 42.0 Å². The van der Waals surface area contributed by atoms with E-state index in [0.29, 0.717) is 29.5 Å². The molecule has 0 spiro atoms. The Hall–Kier alpha value is -2.27. The van der Waals surface area contributed by atoms with Crippen molar-refractivity contribution in [2.45, 2.75) is 45.1 Å². The topological polar surface area (TPSA) is 120 Å². The van der Waals surface area contributed by atoms with Crippen molar-refractivity contribution < 1.29 is 22.7 Å². The van der Waals surface area contributed by atoms with Crippen molar-refractivity contribution in [2.24, 2.45) is 0 Å². The molecule has 9 nitrogen and oxygen atoms in total. The third-order valence-corrected chi connectivity index (χ3v) is 7.66. The van der Waals surface area contributed by atoms with Gasteiger partial charge in [-0.25, -0.2) is 13.4 Å². The molecule has 0 radical (unpaired) electrons. The fraction of sp³-hybridized carbons (Fsp3) is 0.556. The number of nitrogens with zero attached hydrogens (tertiary/aromatic N) is 3. The number of hydrogen-bond acceptors (Lipinski definition) is 8. The van der Waals surface area contributed by atoms with E-state index in [-0.39, 0.29) is 35.8 Å². The van der Waals surface area contributed by atoms with Crippen molar-refractivity contribution in [3.63, 3.8) is 0 Å². The molecule has 2 aromatic rings. The molecule has 0 unspecified atom stereocenters. The molecule has 3 heterocycles. The van der Waals surface area contributed by atoms with Crippen molar-refractivity contribution in [1.29, 1.82) is 0 Å². The summed E-state index contributed by atoms with van der Waals surface area (Å²) in [6.07, 6.45) is 2.99. The molecule has 29 heavy (non-hydrogen) atoms. The fourth-order valence-corrected chi connectivity index (χ4v) is 6.24. The summed E-state index contributed by atoms with van der Waals surface area (Å²) in [5, 5.41) is 9.46. The average Bonchev–Trinajstić information content (AvgIpc) is 3.38. The zero-order valence-electron chi connectivity index (χ0n) is 16.0. The first kappa shape index (κ1) is 20.0. The van der Waals surface area contributed by atoms with Gasteiger partial charge in [-0.05, 0) is 32.6 Å². The molecule has 2 aliphatic rings. The number of fused-ring (bicyclic) bond motifs is 1. The van der Waals surface area contributed by atoms with Gasteiger partial charge >= 0.3 is 5.97 Å². The summed E-state index contributed by atoms with van der Waals surface area (Å²) in [7, 11) is -3.10. The van der Waals surface area contributed by atoms with Crippen LogP contribution in [-0.2, 0) is 38.6 Å². The van der Waals surface area contributed by atoms with E-state index in [9.17, 15) is 18.0 Å². The smallest absolute Gasteiger partial charge is 0.311 e. The monoisotopic (exact) mass is 438 g/mol. The van der Waals surface area contributed by atoms with Crippen LogP contribution in [0, 0.1) is 0 Å². The van der Waals surface area contributed by atoms with Gasteiger partial charge in [0.1, 0.15) is 5.69 Å². The molecule has 1 atom stereocenters. The van der Waals surface area contributed by atoms with E-state index in [0.717, 1.165) is 30.5 Å². The van der Waals surface area contributed by atoms with Crippen LogP contribution in [0.4, 0.5) is 5.13 Å². The molecule has 0 saturated carbocycles. The van der Waals surface area contributed by atoms with Gasteiger partial charge in [-0.2, -0.15) is 5.10 Å². The number of hydrogen-bond donors (Lipinski definition) is 1. The Labute approximate surface area is 172 Å². The Morgan fingerprint density at radius 2 is 2.21 bits per heavy atom. The maximum absolute atomic E-state index is 13.1. The van der Waals surface area contributed by atoms with Crippen molar-refractivity contribution in [3.8, 4) is 0 Å². The number of thiazole rings is 1. The summed E-state index contributed by atoms with van der Waals surface area (Å²) in [6, 6.07) is -0.318. The minimum absolute atomic E-state index is 0.00871. The predicted molar refractivity (Wildman–Crippen MR) is 107 cm³/mol. The molecule has 1 aliphatic heterocycles. The van der Waals surface area contributed by atoms with E-state index in [2.05, 4.69) is 15.4 Å². The number of carbonyl (C=O) groups excluding carboxylic acids is 2. The van der Waals surface area contributed by atoms with Gasteiger partial charge in [-0.3, -0.25) is 19.6 Å². The van der Waals surface area contributed by atoms with Crippen LogP contribution in [0.2, 0.25) is 0 Å². The minimum Gasteiger partial charge on any atom is -0.466 e. The Balaban J connectivity index is 1.55. The van der Waals surface area contributed by atoms with Crippen molar-refractivity contribution in [2.75, 3.05) is 23.4 Å². The Morgan fingerprint density at radius 3 is 2.93 bits per heavy atom. The second-order valence-electron chi connectivity index (χ2n) is 7.21. The molecule has 4 rings (SSSR count). The highest BCUT2D eigenvalue weighted by molar-refractivity contribution is 7.91. The lowest BCUT2D eigenvalue weighted by molar-refractivity contribution is -0.142. The van der Waals surface area contributed by atoms with Gasteiger partial charge in [-0.1, -0.05) is 0 Å². The normalized spacial score (nSPS) is 19.8. The fourth-order valence-electron chi connectivity index (χ4n) is 3.85. The number of sulfone groups is 1. The van der Waals surface area contributed by atoms with E-state index in [1.165, 1.54) is 11.3 Å². The highest BCUT2D eigenvalue weighted by atomic mass is 32.2. The summed E-state index contributed by atoms with van der Waals surface area (Å²) < 4.78 is 30.3. The van der Waals surface area contributed by atoms with Crippen LogP contribution in [-0.4, -0.2) is 53.2 Å². The van der Waals surface area contributed by atoms with E-state index in [4.69, 9.17) is 4.74 Å². The number of nitrogens with one attached hydrogen (secondary N) is 1. The number of ether oxygens (including phenoxy) is 1. The van der Waals surface area contributed by atoms with Crippen molar-refractivity contribution in [1.82, 2.24) is 14.8 Å². The second-order valence-corrected chi connectivity index (χ2v) is 10.3. The number of esters is 1. The summed E-state index contributed by atoms with van der Waals surface area (Å²) in [4.78, 5) is 28.9. The van der Waals surface area contributed by atoms with Crippen LogP contribution in [0.3, 0.4) is 0 Å². The molecule has 1 N–H and O–H groups in total. The predicted octanol–water partition coefficient (Wildman–Crippen LogP) is 1.55. The van der Waals surface area contributed by atoms with E-state index in [1.807, 2.05) is 0 Å². The first-order valence-electron chi connectivity index (χ1n) is 9.58. The molecule has 1 fully saturated rings. The lowest BCUT2D eigenvalue weighted by Crippen LogP contribution is -2.23. The third-order valence-electron chi connectivity index (χ3n) is 5.10. The Bertz CT molecular complexity index is 1060. The number of aromatic nitrogens is 3. The number of anilines is 1. The van der Waals surface area contributed by atoms with Gasteiger partial charge in [0.2, 0.25) is 0 Å². The van der Waals surface area contributed by atoms with Crippen LogP contribution < -0.4 is 5.32 Å². The average molecular weight is 439 g/mol. The lowest BCUT2D eigenvalue weighted by Gasteiger charge is -2.14. The zero-order valence-corrected chi connectivity index (χ0v) is 17.6. The van der Waals surface area contributed by atoms with Gasteiger partial charge in [-0.15, -0.1) is 11.3 Å². The van der Waals surface area contributed by atoms with Crippen LogP contribution in [0.25, 0.3) is 0 Å².